The van der Waals surface area contributed by atoms with Crippen LogP contribution in [0, 0.1) is 12.3 Å². The molecule has 1 N–H and O–H groups in total. The van der Waals surface area contributed by atoms with E-state index in [1.54, 1.807) is 24.4 Å². The standard InChI is InChI=1S/C15H11NO/c1-2-12-7-6-8-13(15(12)17)11-16-14-9-4-3-5-10-14/h1,3-11,17H. The van der Waals surface area contributed by atoms with Gasteiger partial charge in [0.2, 0.25) is 0 Å². The number of para-hydroxylation sites is 2. The second-order valence-corrected chi connectivity index (χ2v) is 3.48. The monoisotopic (exact) mass is 221 g/mol. The normalized spacial score (nSPS) is 10.3. The van der Waals surface area contributed by atoms with Gasteiger partial charge in [-0.05, 0) is 24.3 Å². The lowest BCUT2D eigenvalue weighted by Crippen LogP contribution is -1.85. The summed E-state index contributed by atoms with van der Waals surface area (Å²) in [6.07, 6.45) is 6.88. The number of benzene rings is 2. The van der Waals surface area contributed by atoms with E-state index < -0.39 is 0 Å². The van der Waals surface area contributed by atoms with Crippen LogP contribution in [0.3, 0.4) is 0 Å². The average Bonchev–Trinajstić information content (AvgIpc) is 2.39. The van der Waals surface area contributed by atoms with E-state index in [9.17, 15) is 5.11 Å². The molecule has 0 aliphatic heterocycles. The zero-order chi connectivity index (χ0) is 12.1. The highest BCUT2D eigenvalue weighted by Gasteiger charge is 2.01. The second kappa shape index (κ2) is 5.00. The van der Waals surface area contributed by atoms with Crippen LogP contribution in [-0.2, 0) is 0 Å². The van der Waals surface area contributed by atoms with Crippen molar-refractivity contribution in [3.05, 3.63) is 59.7 Å². The van der Waals surface area contributed by atoms with E-state index in [1.807, 2.05) is 30.3 Å². The van der Waals surface area contributed by atoms with Gasteiger partial charge >= 0.3 is 0 Å². The van der Waals surface area contributed by atoms with E-state index in [2.05, 4.69) is 10.9 Å². The lowest BCUT2D eigenvalue weighted by atomic mass is 10.1. The first-order chi connectivity index (χ1) is 8.31. The van der Waals surface area contributed by atoms with E-state index >= 15 is 0 Å². The summed E-state index contributed by atoms with van der Waals surface area (Å²) in [5.74, 6) is 2.51. The van der Waals surface area contributed by atoms with Crippen molar-refractivity contribution in [3.63, 3.8) is 0 Å². The van der Waals surface area contributed by atoms with Crippen LogP contribution in [0.4, 0.5) is 5.69 Å². The topological polar surface area (TPSA) is 32.6 Å². The third kappa shape index (κ3) is 2.53. The maximum Gasteiger partial charge on any atom is 0.139 e. The minimum Gasteiger partial charge on any atom is -0.506 e. The Morgan fingerprint density at radius 2 is 1.82 bits per heavy atom. The molecular weight excluding hydrogens is 210 g/mol. The minimum atomic E-state index is 0.0923. The largest absolute Gasteiger partial charge is 0.506 e. The Kier molecular flexibility index (Phi) is 3.23. The predicted molar refractivity (Wildman–Crippen MR) is 69.7 cm³/mol. The first-order valence-corrected chi connectivity index (χ1v) is 5.19. The highest BCUT2D eigenvalue weighted by atomic mass is 16.3. The molecule has 17 heavy (non-hydrogen) atoms. The summed E-state index contributed by atoms with van der Waals surface area (Å²) in [6.45, 7) is 0. The predicted octanol–water partition coefficient (Wildman–Crippen LogP) is 3.12. The zero-order valence-electron chi connectivity index (χ0n) is 9.17. The Balaban J connectivity index is 2.32. The van der Waals surface area contributed by atoms with Gasteiger partial charge in [0.05, 0.1) is 11.3 Å². The van der Waals surface area contributed by atoms with Crippen molar-refractivity contribution >= 4 is 11.9 Å². The highest BCUT2D eigenvalue weighted by molar-refractivity contribution is 5.86. The molecule has 0 saturated heterocycles. The van der Waals surface area contributed by atoms with Crippen molar-refractivity contribution in [1.82, 2.24) is 0 Å². The van der Waals surface area contributed by atoms with Gasteiger partial charge in [-0.15, -0.1) is 6.42 Å². The molecule has 0 amide bonds. The summed E-state index contributed by atoms with van der Waals surface area (Å²) in [4.78, 5) is 4.26. The van der Waals surface area contributed by atoms with Crippen LogP contribution in [0.2, 0.25) is 0 Å². The zero-order valence-corrected chi connectivity index (χ0v) is 9.17. The molecule has 2 rings (SSSR count). The fourth-order valence-corrected chi connectivity index (χ4v) is 1.44. The van der Waals surface area contributed by atoms with E-state index in [0.717, 1.165) is 5.69 Å². The SMILES string of the molecule is C#Cc1cccc(C=Nc2ccccc2)c1O. The first-order valence-electron chi connectivity index (χ1n) is 5.19. The summed E-state index contributed by atoms with van der Waals surface area (Å²) < 4.78 is 0. The van der Waals surface area contributed by atoms with Crippen molar-refractivity contribution in [2.45, 2.75) is 0 Å². The van der Waals surface area contributed by atoms with Gasteiger partial charge in [0.1, 0.15) is 5.75 Å². The smallest absolute Gasteiger partial charge is 0.139 e. The molecule has 0 bridgehead atoms. The molecule has 0 atom stereocenters. The third-order valence-corrected chi connectivity index (χ3v) is 2.33. The number of aliphatic imine (C=N–C) groups is 1. The van der Waals surface area contributed by atoms with Gasteiger partial charge < -0.3 is 5.11 Å². The maximum atomic E-state index is 9.83. The maximum absolute atomic E-state index is 9.83. The Morgan fingerprint density at radius 1 is 1.06 bits per heavy atom. The quantitative estimate of drug-likeness (QED) is 0.613. The number of nitrogens with zero attached hydrogens (tertiary/aromatic N) is 1. The fraction of sp³-hybridized carbons (Fsp3) is 0. The van der Waals surface area contributed by atoms with Crippen LogP contribution in [0.15, 0.2) is 53.5 Å². The molecule has 82 valence electrons. The van der Waals surface area contributed by atoms with Crippen LogP contribution in [0.5, 0.6) is 5.75 Å². The molecule has 0 aromatic heterocycles. The van der Waals surface area contributed by atoms with E-state index in [-0.39, 0.29) is 5.75 Å². The minimum absolute atomic E-state index is 0.0923. The van der Waals surface area contributed by atoms with Crippen LogP contribution in [0.25, 0.3) is 0 Å². The molecule has 2 heteroatoms. The van der Waals surface area contributed by atoms with Crippen molar-refractivity contribution < 1.29 is 5.11 Å². The second-order valence-electron chi connectivity index (χ2n) is 3.48. The average molecular weight is 221 g/mol. The van der Waals surface area contributed by atoms with Crippen LogP contribution in [0.1, 0.15) is 11.1 Å². The van der Waals surface area contributed by atoms with Gasteiger partial charge in [-0.1, -0.05) is 30.2 Å². The van der Waals surface area contributed by atoms with Crippen molar-refractivity contribution in [2.24, 2.45) is 4.99 Å². The van der Waals surface area contributed by atoms with Gasteiger partial charge in [-0.2, -0.15) is 0 Å². The van der Waals surface area contributed by atoms with Crippen molar-refractivity contribution in [1.29, 1.82) is 0 Å². The highest BCUT2D eigenvalue weighted by Crippen LogP contribution is 2.20. The summed E-state index contributed by atoms with van der Waals surface area (Å²) in [5, 5.41) is 9.83. The van der Waals surface area contributed by atoms with E-state index in [0.29, 0.717) is 11.1 Å². The lowest BCUT2D eigenvalue weighted by Gasteiger charge is -2.00. The molecule has 0 aliphatic rings. The van der Waals surface area contributed by atoms with Gasteiger partial charge in [-0.25, -0.2) is 0 Å². The number of terminal acetylenes is 1. The van der Waals surface area contributed by atoms with Crippen LogP contribution in [-0.4, -0.2) is 11.3 Å². The third-order valence-electron chi connectivity index (χ3n) is 2.33. The first kappa shape index (κ1) is 11.0. The molecule has 0 aliphatic carbocycles. The molecule has 0 spiro atoms. The molecule has 0 heterocycles. The molecule has 0 unspecified atom stereocenters. The molecule has 2 aromatic rings. The van der Waals surface area contributed by atoms with Gasteiger partial charge in [0, 0.05) is 11.8 Å². The molecule has 0 fully saturated rings. The van der Waals surface area contributed by atoms with Crippen LogP contribution >= 0.6 is 0 Å². The number of aromatic hydroxyl groups is 1. The number of hydrogen-bond donors (Lipinski definition) is 1. The summed E-state index contributed by atoms with van der Waals surface area (Å²) in [5.41, 5.74) is 1.92. The number of hydrogen-bond acceptors (Lipinski definition) is 2. The number of phenolic OH excluding ortho intramolecular Hbond substituents is 1. The van der Waals surface area contributed by atoms with E-state index in [1.165, 1.54) is 0 Å². The van der Waals surface area contributed by atoms with Gasteiger partial charge in [-0.3, -0.25) is 4.99 Å². The molecule has 2 nitrogen and oxygen atoms in total. The van der Waals surface area contributed by atoms with Gasteiger partial charge in [0.25, 0.3) is 0 Å². The van der Waals surface area contributed by atoms with Crippen LogP contribution < -0.4 is 0 Å². The Bertz CT molecular complexity index is 580. The summed E-state index contributed by atoms with van der Waals surface area (Å²) >= 11 is 0. The lowest BCUT2D eigenvalue weighted by molar-refractivity contribution is 0.473. The van der Waals surface area contributed by atoms with E-state index in [4.69, 9.17) is 6.42 Å². The summed E-state index contributed by atoms with van der Waals surface area (Å²) in [6, 6.07) is 14.8. The van der Waals surface area contributed by atoms with Crippen molar-refractivity contribution in [3.8, 4) is 18.1 Å². The van der Waals surface area contributed by atoms with Crippen molar-refractivity contribution in [2.75, 3.05) is 0 Å². The summed E-state index contributed by atoms with van der Waals surface area (Å²) in [7, 11) is 0. The number of rotatable bonds is 2. The molecular formula is C15H11NO. The Hall–Kier alpha value is -2.53. The molecule has 0 saturated carbocycles. The Morgan fingerprint density at radius 3 is 2.53 bits per heavy atom. The molecule has 2 aromatic carbocycles. The Labute approximate surface area is 100 Å². The number of phenols is 1. The van der Waals surface area contributed by atoms with Gasteiger partial charge in [0.15, 0.2) is 0 Å². The fourth-order valence-electron chi connectivity index (χ4n) is 1.44. The molecule has 0 radical (unpaired) electrons.